The Morgan fingerprint density at radius 2 is 1.74 bits per heavy atom. The van der Waals surface area contributed by atoms with Crippen LogP contribution in [-0.4, -0.2) is 28.3 Å². The number of hydrogen-bond acceptors (Lipinski definition) is 5. The van der Waals surface area contributed by atoms with E-state index in [-0.39, 0.29) is 11.6 Å². The Kier molecular flexibility index (Phi) is 4.18. The number of nitrogens with two attached hydrogens (primary N) is 1. The van der Waals surface area contributed by atoms with Gasteiger partial charge in [0, 0.05) is 18.5 Å². The molecule has 1 aromatic rings. The summed E-state index contributed by atoms with van der Waals surface area (Å²) >= 11 is 0. The highest BCUT2D eigenvalue weighted by atomic mass is 16.5. The molecule has 0 saturated heterocycles. The summed E-state index contributed by atoms with van der Waals surface area (Å²) < 4.78 is 5.35. The molecule has 0 aliphatic heterocycles. The first kappa shape index (κ1) is 17.5. The predicted octanol–water partition coefficient (Wildman–Crippen LogP) is 2.61. The molecule has 4 N–H and O–H groups in total. The fraction of sp³-hybridized carbons (Fsp3) is 0.850. The molecule has 5 aliphatic rings. The van der Waals surface area contributed by atoms with Crippen LogP contribution >= 0.6 is 0 Å². The Morgan fingerprint density at radius 1 is 1.11 bits per heavy atom. The molecule has 148 valence electrons. The summed E-state index contributed by atoms with van der Waals surface area (Å²) in [6, 6.07) is -0.0530. The lowest BCUT2D eigenvalue weighted by Crippen LogP contribution is -2.61. The van der Waals surface area contributed by atoms with Gasteiger partial charge < -0.3 is 20.9 Å². The van der Waals surface area contributed by atoms with Crippen molar-refractivity contribution in [3.63, 3.8) is 0 Å². The molecule has 2 amide bonds. The van der Waals surface area contributed by atoms with Gasteiger partial charge in [-0.2, -0.15) is 4.98 Å². The highest BCUT2D eigenvalue weighted by Gasteiger charge is 2.51. The number of carbonyl (C=O) groups is 1. The molecule has 0 aromatic carbocycles. The zero-order valence-electron chi connectivity index (χ0n) is 16.0. The summed E-state index contributed by atoms with van der Waals surface area (Å²) in [6.07, 6.45) is 12.2. The van der Waals surface area contributed by atoms with Crippen LogP contribution in [0.1, 0.15) is 75.9 Å². The number of aromatic nitrogens is 2. The number of amides is 2. The molecule has 4 bridgehead atoms. The van der Waals surface area contributed by atoms with Gasteiger partial charge in [0.2, 0.25) is 5.89 Å². The van der Waals surface area contributed by atoms with Crippen molar-refractivity contribution < 1.29 is 9.32 Å². The summed E-state index contributed by atoms with van der Waals surface area (Å²) in [5.74, 6) is 3.65. The molecular weight excluding hydrogens is 342 g/mol. The number of urea groups is 1. The molecule has 1 heterocycles. The number of hydrogen-bond donors (Lipinski definition) is 3. The second-order valence-corrected chi connectivity index (χ2v) is 9.70. The zero-order chi connectivity index (χ0) is 18.5. The maximum absolute atomic E-state index is 12.5. The minimum absolute atomic E-state index is 0.0465. The summed E-state index contributed by atoms with van der Waals surface area (Å²) in [5, 5.41) is 10.4. The average Bonchev–Trinajstić information content (AvgIpc) is 3.23. The van der Waals surface area contributed by atoms with E-state index in [4.69, 9.17) is 10.3 Å². The molecule has 5 saturated carbocycles. The smallest absolute Gasteiger partial charge is 0.315 e. The molecule has 0 radical (unpaired) electrons. The van der Waals surface area contributed by atoms with Crippen LogP contribution in [0, 0.1) is 17.8 Å². The number of nitrogens with zero attached hydrogens (tertiary/aromatic N) is 2. The van der Waals surface area contributed by atoms with Gasteiger partial charge in [0.25, 0.3) is 0 Å². The monoisotopic (exact) mass is 373 g/mol. The van der Waals surface area contributed by atoms with E-state index in [2.05, 4.69) is 20.8 Å². The second kappa shape index (κ2) is 6.47. The number of carbonyl (C=O) groups excluding carboxylic acids is 1. The van der Waals surface area contributed by atoms with Crippen LogP contribution < -0.4 is 16.4 Å². The molecule has 5 aliphatic carbocycles. The Bertz CT molecular complexity index is 674. The molecular formula is C20H31N5O2. The Hall–Kier alpha value is -1.63. The Morgan fingerprint density at radius 3 is 2.37 bits per heavy atom. The largest absolute Gasteiger partial charge is 0.339 e. The minimum atomic E-state index is -0.426. The van der Waals surface area contributed by atoms with Gasteiger partial charge in [0.15, 0.2) is 5.82 Å². The maximum atomic E-state index is 12.5. The lowest BCUT2D eigenvalue weighted by molar-refractivity contribution is -0.0135. The minimum Gasteiger partial charge on any atom is -0.339 e. The topological polar surface area (TPSA) is 106 Å². The predicted molar refractivity (Wildman–Crippen MR) is 99.8 cm³/mol. The van der Waals surface area contributed by atoms with Crippen molar-refractivity contribution >= 4 is 6.03 Å². The van der Waals surface area contributed by atoms with Gasteiger partial charge in [0.05, 0.1) is 5.54 Å². The number of rotatable bonds is 5. The molecule has 0 spiro atoms. The Balaban J connectivity index is 1.12. The molecule has 7 nitrogen and oxygen atoms in total. The normalized spacial score (nSPS) is 36.1. The van der Waals surface area contributed by atoms with E-state index < -0.39 is 5.54 Å². The van der Waals surface area contributed by atoms with Gasteiger partial charge >= 0.3 is 6.03 Å². The first-order chi connectivity index (χ1) is 13.0. The van der Waals surface area contributed by atoms with Crippen molar-refractivity contribution in [2.45, 2.75) is 81.7 Å². The fourth-order valence-corrected chi connectivity index (χ4v) is 6.62. The second-order valence-electron chi connectivity index (χ2n) is 9.70. The SMILES string of the molecule is NC1(c2noc(CCNC(=O)NC34CC5CC(CC(C5)C3)C4)n2)CCCC1. The fourth-order valence-electron chi connectivity index (χ4n) is 6.62. The van der Waals surface area contributed by atoms with Crippen molar-refractivity contribution in [1.29, 1.82) is 0 Å². The molecule has 27 heavy (non-hydrogen) atoms. The summed E-state index contributed by atoms with van der Waals surface area (Å²) in [6.45, 7) is 0.497. The van der Waals surface area contributed by atoms with Crippen LogP contribution in [0.15, 0.2) is 4.52 Å². The van der Waals surface area contributed by atoms with Crippen LogP contribution in [0.5, 0.6) is 0 Å². The van der Waals surface area contributed by atoms with Gasteiger partial charge in [-0.3, -0.25) is 0 Å². The van der Waals surface area contributed by atoms with E-state index in [9.17, 15) is 4.79 Å². The summed E-state index contributed by atoms with van der Waals surface area (Å²) in [4.78, 5) is 16.9. The molecule has 5 fully saturated rings. The highest BCUT2D eigenvalue weighted by molar-refractivity contribution is 5.74. The van der Waals surface area contributed by atoms with Crippen LogP contribution in [0.25, 0.3) is 0 Å². The van der Waals surface area contributed by atoms with E-state index in [1.165, 1.54) is 38.5 Å². The third kappa shape index (κ3) is 3.35. The van der Waals surface area contributed by atoms with Crippen LogP contribution in [-0.2, 0) is 12.0 Å². The summed E-state index contributed by atoms with van der Waals surface area (Å²) in [7, 11) is 0. The standard InChI is InChI=1S/C20H31N5O2/c21-20(4-1-2-5-20)17-23-16(27-25-17)3-6-22-18(26)24-19-10-13-7-14(11-19)9-15(8-13)12-19/h13-15H,1-12,21H2,(H2,22,24,26). The molecule has 0 unspecified atom stereocenters. The van der Waals surface area contributed by atoms with Crippen LogP contribution in [0.2, 0.25) is 0 Å². The van der Waals surface area contributed by atoms with E-state index in [1.54, 1.807) is 0 Å². The van der Waals surface area contributed by atoms with Gasteiger partial charge in [-0.1, -0.05) is 18.0 Å². The van der Waals surface area contributed by atoms with Gasteiger partial charge in [-0.15, -0.1) is 0 Å². The van der Waals surface area contributed by atoms with E-state index in [0.29, 0.717) is 24.7 Å². The van der Waals surface area contributed by atoms with Crippen molar-refractivity contribution in [2.24, 2.45) is 23.5 Å². The maximum Gasteiger partial charge on any atom is 0.315 e. The first-order valence-electron chi connectivity index (χ1n) is 10.7. The quantitative estimate of drug-likeness (QED) is 0.735. The average molecular weight is 374 g/mol. The molecule has 7 heteroatoms. The van der Waals surface area contributed by atoms with Crippen molar-refractivity contribution in [1.82, 2.24) is 20.8 Å². The van der Waals surface area contributed by atoms with E-state index >= 15 is 0 Å². The summed E-state index contributed by atoms with van der Waals surface area (Å²) in [5.41, 5.74) is 5.99. The van der Waals surface area contributed by atoms with Gasteiger partial charge in [-0.05, 0) is 69.1 Å². The van der Waals surface area contributed by atoms with Crippen molar-refractivity contribution in [3.8, 4) is 0 Å². The first-order valence-corrected chi connectivity index (χ1v) is 10.7. The molecule has 1 aromatic heterocycles. The number of nitrogens with one attached hydrogen (secondary N) is 2. The molecule has 6 rings (SSSR count). The third-order valence-corrected chi connectivity index (χ3v) is 7.45. The zero-order valence-corrected chi connectivity index (χ0v) is 16.0. The van der Waals surface area contributed by atoms with Crippen molar-refractivity contribution in [3.05, 3.63) is 11.7 Å². The van der Waals surface area contributed by atoms with Crippen LogP contribution in [0.3, 0.4) is 0 Å². The van der Waals surface area contributed by atoms with Gasteiger partial charge in [0.1, 0.15) is 0 Å². The lowest BCUT2D eigenvalue weighted by atomic mass is 9.53. The van der Waals surface area contributed by atoms with Gasteiger partial charge in [-0.25, -0.2) is 4.79 Å². The molecule has 0 atom stereocenters. The third-order valence-electron chi connectivity index (χ3n) is 7.45. The lowest BCUT2D eigenvalue weighted by Gasteiger charge is -2.56. The van der Waals surface area contributed by atoms with Crippen molar-refractivity contribution in [2.75, 3.05) is 6.54 Å². The van der Waals surface area contributed by atoms with E-state index in [0.717, 1.165) is 43.4 Å². The van der Waals surface area contributed by atoms with Crippen LogP contribution in [0.4, 0.5) is 4.79 Å². The highest BCUT2D eigenvalue weighted by Crippen LogP contribution is 2.55. The Labute approximate surface area is 160 Å². The van der Waals surface area contributed by atoms with E-state index in [1.807, 2.05) is 0 Å².